The fraction of sp³-hybridized carbons (Fsp3) is 0.438. The van der Waals surface area contributed by atoms with Crippen LogP contribution in [-0.4, -0.2) is 49.1 Å². The summed E-state index contributed by atoms with van der Waals surface area (Å²) in [4.78, 5) is 2.48. The average Bonchev–Trinajstić information content (AvgIpc) is 2.89. The van der Waals surface area contributed by atoms with Crippen molar-refractivity contribution in [3.8, 4) is 0 Å². The van der Waals surface area contributed by atoms with Crippen molar-refractivity contribution in [3.63, 3.8) is 0 Å². The fourth-order valence-corrected chi connectivity index (χ4v) is 5.07. The summed E-state index contributed by atoms with van der Waals surface area (Å²) in [6, 6.07) is 5.00. The molecule has 0 atom stereocenters. The molecule has 6 nitrogen and oxygen atoms in total. The van der Waals surface area contributed by atoms with Gasteiger partial charge in [-0.15, -0.1) is 0 Å². The van der Waals surface area contributed by atoms with Crippen molar-refractivity contribution in [2.75, 3.05) is 31.1 Å². The Bertz CT molecular complexity index is 835. The van der Waals surface area contributed by atoms with E-state index in [1.165, 1.54) is 4.31 Å². The first-order valence-electron chi connectivity index (χ1n) is 7.84. The smallest absolute Gasteiger partial charge is 0.243 e. The molecule has 1 saturated heterocycles. The Morgan fingerprint density at radius 2 is 1.79 bits per heavy atom. The molecule has 0 radical (unpaired) electrons. The highest BCUT2D eigenvalue weighted by molar-refractivity contribution is 7.89. The van der Waals surface area contributed by atoms with Crippen LogP contribution in [0, 0.1) is 20.8 Å². The van der Waals surface area contributed by atoms with Crippen LogP contribution in [-0.2, 0) is 10.0 Å². The second-order valence-electron chi connectivity index (χ2n) is 6.04. The van der Waals surface area contributed by atoms with Crippen LogP contribution in [0.15, 0.2) is 23.1 Å². The molecule has 2 heterocycles. The maximum absolute atomic E-state index is 12.9. The molecule has 0 aliphatic carbocycles. The van der Waals surface area contributed by atoms with Crippen molar-refractivity contribution in [1.29, 1.82) is 0 Å². The van der Waals surface area contributed by atoms with Gasteiger partial charge >= 0.3 is 0 Å². The molecular weight excluding hydrogens is 348 g/mol. The van der Waals surface area contributed by atoms with Crippen LogP contribution in [0.3, 0.4) is 0 Å². The van der Waals surface area contributed by atoms with E-state index in [2.05, 4.69) is 15.1 Å². The van der Waals surface area contributed by atoms with Gasteiger partial charge in [0.25, 0.3) is 0 Å². The molecule has 0 saturated carbocycles. The summed E-state index contributed by atoms with van der Waals surface area (Å²) in [5.74, 6) is 0. The second-order valence-corrected chi connectivity index (χ2v) is 8.35. The van der Waals surface area contributed by atoms with Gasteiger partial charge in [-0.05, 0) is 38.5 Å². The third kappa shape index (κ3) is 2.92. The number of anilines is 1. The van der Waals surface area contributed by atoms with E-state index in [1.54, 1.807) is 25.1 Å². The van der Waals surface area contributed by atoms with Gasteiger partial charge in [-0.2, -0.15) is 9.40 Å². The molecule has 0 bridgehead atoms. The van der Waals surface area contributed by atoms with Gasteiger partial charge in [0.15, 0.2) is 0 Å². The number of aryl methyl sites for hydroxylation is 2. The first-order chi connectivity index (χ1) is 11.3. The number of benzene rings is 1. The number of aromatic amines is 1. The normalized spacial score (nSPS) is 16.6. The van der Waals surface area contributed by atoms with Gasteiger partial charge in [0.1, 0.15) is 0 Å². The number of H-pyrrole nitrogens is 1. The third-order valence-corrected chi connectivity index (χ3v) is 6.93. The number of halogens is 1. The Morgan fingerprint density at radius 1 is 1.12 bits per heavy atom. The Labute approximate surface area is 147 Å². The molecule has 1 aliphatic rings. The van der Waals surface area contributed by atoms with Gasteiger partial charge < -0.3 is 4.90 Å². The molecule has 1 aliphatic heterocycles. The van der Waals surface area contributed by atoms with Gasteiger partial charge in [-0.1, -0.05) is 17.7 Å². The van der Waals surface area contributed by atoms with Gasteiger partial charge in [-0.25, -0.2) is 8.42 Å². The highest BCUT2D eigenvalue weighted by Gasteiger charge is 2.31. The molecule has 2 aromatic rings. The van der Waals surface area contributed by atoms with Crippen LogP contribution in [0.1, 0.15) is 17.0 Å². The Balaban J connectivity index is 1.80. The van der Waals surface area contributed by atoms with E-state index in [4.69, 9.17) is 11.6 Å². The summed E-state index contributed by atoms with van der Waals surface area (Å²) in [7, 11) is -3.53. The number of nitrogens with one attached hydrogen (secondary N) is 1. The lowest BCUT2D eigenvalue weighted by atomic mass is 10.2. The zero-order valence-electron chi connectivity index (χ0n) is 14.0. The van der Waals surface area contributed by atoms with Crippen LogP contribution in [0.5, 0.6) is 0 Å². The van der Waals surface area contributed by atoms with Crippen LogP contribution in [0.2, 0.25) is 5.02 Å². The Morgan fingerprint density at radius 3 is 2.38 bits per heavy atom. The lowest BCUT2D eigenvalue weighted by Crippen LogP contribution is -2.49. The molecule has 24 heavy (non-hydrogen) atoms. The zero-order valence-corrected chi connectivity index (χ0v) is 15.6. The number of piperazine rings is 1. The van der Waals surface area contributed by atoms with Gasteiger partial charge in [0, 0.05) is 31.2 Å². The van der Waals surface area contributed by atoms with E-state index in [0.29, 0.717) is 41.7 Å². The lowest BCUT2D eigenvalue weighted by molar-refractivity contribution is 0.384. The quantitative estimate of drug-likeness (QED) is 0.903. The summed E-state index contributed by atoms with van der Waals surface area (Å²) in [5, 5.41) is 7.66. The summed E-state index contributed by atoms with van der Waals surface area (Å²) in [6.07, 6.45) is 0. The lowest BCUT2D eigenvalue weighted by Gasteiger charge is -2.35. The number of aromatic nitrogens is 2. The summed E-state index contributed by atoms with van der Waals surface area (Å²) in [5.41, 5.74) is 3.62. The van der Waals surface area contributed by atoms with E-state index in [-0.39, 0.29) is 0 Å². The van der Waals surface area contributed by atoms with Crippen molar-refractivity contribution in [2.24, 2.45) is 0 Å². The molecule has 0 amide bonds. The van der Waals surface area contributed by atoms with E-state index in [1.807, 2.05) is 13.8 Å². The monoisotopic (exact) mass is 368 g/mol. The van der Waals surface area contributed by atoms with Crippen LogP contribution in [0.4, 0.5) is 5.69 Å². The van der Waals surface area contributed by atoms with E-state index < -0.39 is 10.0 Å². The van der Waals surface area contributed by atoms with E-state index >= 15 is 0 Å². The maximum atomic E-state index is 12.9. The second kappa shape index (κ2) is 6.38. The number of sulfonamides is 1. The minimum atomic E-state index is -3.53. The van der Waals surface area contributed by atoms with E-state index in [9.17, 15) is 8.42 Å². The molecule has 0 unspecified atom stereocenters. The largest absolute Gasteiger partial charge is 0.366 e. The van der Waals surface area contributed by atoms with Crippen LogP contribution < -0.4 is 4.90 Å². The predicted octanol–water partition coefficient (Wildman–Crippen LogP) is 2.50. The summed E-state index contributed by atoms with van der Waals surface area (Å²) < 4.78 is 27.4. The number of nitrogens with zero attached hydrogens (tertiary/aromatic N) is 3. The summed E-state index contributed by atoms with van der Waals surface area (Å²) in [6.45, 7) is 7.84. The first kappa shape index (κ1) is 17.3. The molecule has 1 N–H and O–H groups in total. The number of hydrogen-bond donors (Lipinski definition) is 1. The average molecular weight is 369 g/mol. The third-order valence-electron chi connectivity index (χ3n) is 4.48. The fourth-order valence-electron chi connectivity index (χ4n) is 3.17. The topological polar surface area (TPSA) is 69.3 Å². The molecular formula is C16H21ClN4O2S. The van der Waals surface area contributed by atoms with Crippen molar-refractivity contribution in [1.82, 2.24) is 14.5 Å². The number of hydrogen-bond acceptors (Lipinski definition) is 4. The molecule has 1 aromatic heterocycles. The van der Waals surface area contributed by atoms with Crippen molar-refractivity contribution < 1.29 is 8.42 Å². The van der Waals surface area contributed by atoms with Crippen LogP contribution in [0.25, 0.3) is 0 Å². The molecule has 1 aromatic carbocycles. The Hall–Kier alpha value is -1.57. The zero-order chi connectivity index (χ0) is 17.5. The van der Waals surface area contributed by atoms with Crippen molar-refractivity contribution in [2.45, 2.75) is 25.7 Å². The van der Waals surface area contributed by atoms with Gasteiger partial charge in [-0.3, -0.25) is 5.10 Å². The van der Waals surface area contributed by atoms with Gasteiger partial charge in [0.2, 0.25) is 10.0 Å². The first-order valence-corrected chi connectivity index (χ1v) is 9.66. The highest BCUT2D eigenvalue weighted by atomic mass is 35.5. The van der Waals surface area contributed by atoms with Crippen molar-refractivity contribution in [3.05, 3.63) is 40.2 Å². The summed E-state index contributed by atoms with van der Waals surface area (Å²) >= 11 is 6.08. The molecule has 3 rings (SSSR count). The van der Waals surface area contributed by atoms with Crippen molar-refractivity contribution >= 4 is 27.3 Å². The minimum Gasteiger partial charge on any atom is -0.366 e. The standard InChI is InChI=1S/C16H21ClN4O2S/c1-11-14(17)5-4-6-15(11)24(22,23)21-9-7-20(8-10-21)16-12(2)18-19-13(16)3/h4-6H,7-10H2,1-3H3,(H,18,19). The Kier molecular flexibility index (Phi) is 4.59. The predicted molar refractivity (Wildman–Crippen MR) is 95.2 cm³/mol. The molecule has 1 fully saturated rings. The molecule has 130 valence electrons. The van der Waals surface area contributed by atoms with E-state index in [0.717, 1.165) is 17.1 Å². The van der Waals surface area contributed by atoms with Gasteiger partial charge in [0.05, 0.1) is 22.0 Å². The number of rotatable bonds is 3. The minimum absolute atomic E-state index is 0.291. The highest BCUT2D eigenvalue weighted by Crippen LogP contribution is 2.28. The molecule has 0 spiro atoms. The SMILES string of the molecule is Cc1n[nH]c(C)c1N1CCN(S(=O)(=O)c2cccc(Cl)c2C)CC1. The molecule has 8 heteroatoms. The van der Waals surface area contributed by atoms with Crippen LogP contribution >= 0.6 is 11.6 Å². The maximum Gasteiger partial charge on any atom is 0.243 e.